The van der Waals surface area contributed by atoms with Crippen LogP contribution in [-0.2, 0) is 6.54 Å². The monoisotopic (exact) mass is 439 g/mol. The van der Waals surface area contributed by atoms with Crippen molar-refractivity contribution >= 4 is 11.6 Å². The Bertz CT molecular complexity index is 926. The van der Waals surface area contributed by atoms with E-state index in [0.717, 1.165) is 68.5 Å². The van der Waals surface area contributed by atoms with E-state index in [0.29, 0.717) is 18.8 Å². The standard InChI is InChI=1S/C25H34FN5O/c1-3-27-25(29-22-11-16-32-24-8-6-5-7-20(22)24)28-18-19-9-10-23(21(26)17-19)31-14-12-30(4-2)13-15-31/h5-10,17,22H,3-4,11-16,18H2,1-2H3,(H2,27,28,29). The Morgan fingerprint density at radius 1 is 1.12 bits per heavy atom. The zero-order valence-corrected chi connectivity index (χ0v) is 19.1. The molecule has 6 nitrogen and oxygen atoms in total. The van der Waals surface area contributed by atoms with Gasteiger partial charge in [0.05, 0.1) is 24.9 Å². The molecule has 172 valence electrons. The second-order valence-corrected chi connectivity index (χ2v) is 8.27. The fraction of sp³-hybridized carbons (Fsp3) is 0.480. The molecule has 0 aromatic heterocycles. The van der Waals surface area contributed by atoms with Crippen molar-refractivity contribution in [3.8, 4) is 5.75 Å². The molecule has 1 fully saturated rings. The lowest BCUT2D eigenvalue weighted by molar-refractivity contribution is 0.261. The average Bonchev–Trinajstić information content (AvgIpc) is 2.83. The van der Waals surface area contributed by atoms with E-state index in [4.69, 9.17) is 9.73 Å². The molecule has 0 saturated carbocycles. The van der Waals surface area contributed by atoms with Gasteiger partial charge in [-0.25, -0.2) is 9.38 Å². The normalized spacial score (nSPS) is 19.3. The summed E-state index contributed by atoms with van der Waals surface area (Å²) in [6.07, 6.45) is 0.871. The molecule has 0 amide bonds. The number of nitrogens with one attached hydrogen (secondary N) is 2. The number of rotatable bonds is 6. The number of hydrogen-bond donors (Lipinski definition) is 2. The van der Waals surface area contributed by atoms with Crippen molar-refractivity contribution in [1.29, 1.82) is 0 Å². The lowest BCUT2D eigenvalue weighted by Gasteiger charge is -2.35. The Morgan fingerprint density at radius 3 is 2.69 bits per heavy atom. The lowest BCUT2D eigenvalue weighted by Crippen LogP contribution is -2.46. The zero-order chi connectivity index (χ0) is 22.3. The van der Waals surface area contributed by atoms with Gasteiger partial charge >= 0.3 is 0 Å². The molecule has 1 atom stereocenters. The Kier molecular flexibility index (Phi) is 7.47. The summed E-state index contributed by atoms with van der Waals surface area (Å²) in [6, 6.07) is 13.8. The minimum absolute atomic E-state index is 0.138. The summed E-state index contributed by atoms with van der Waals surface area (Å²) in [5, 5.41) is 6.83. The van der Waals surface area contributed by atoms with Crippen LogP contribution in [0.5, 0.6) is 5.75 Å². The quantitative estimate of drug-likeness (QED) is 0.533. The summed E-state index contributed by atoms with van der Waals surface area (Å²) in [5.74, 6) is 1.48. The van der Waals surface area contributed by atoms with Crippen LogP contribution in [0.25, 0.3) is 0 Å². The van der Waals surface area contributed by atoms with Crippen molar-refractivity contribution in [2.75, 3.05) is 50.8 Å². The number of ether oxygens (including phenoxy) is 1. The molecule has 0 bridgehead atoms. The van der Waals surface area contributed by atoms with E-state index in [-0.39, 0.29) is 11.9 Å². The topological polar surface area (TPSA) is 52.1 Å². The highest BCUT2D eigenvalue weighted by Crippen LogP contribution is 2.31. The Morgan fingerprint density at radius 2 is 1.94 bits per heavy atom. The second kappa shape index (κ2) is 10.7. The summed E-state index contributed by atoms with van der Waals surface area (Å²) >= 11 is 0. The maximum Gasteiger partial charge on any atom is 0.192 e. The zero-order valence-electron chi connectivity index (χ0n) is 19.1. The first-order valence-electron chi connectivity index (χ1n) is 11.7. The molecule has 1 unspecified atom stereocenters. The molecule has 2 heterocycles. The van der Waals surface area contributed by atoms with Crippen molar-refractivity contribution in [2.24, 2.45) is 4.99 Å². The van der Waals surface area contributed by atoms with Crippen LogP contribution in [0.2, 0.25) is 0 Å². The van der Waals surface area contributed by atoms with Gasteiger partial charge in [0.15, 0.2) is 5.96 Å². The molecule has 0 radical (unpaired) electrons. The predicted octanol–water partition coefficient (Wildman–Crippen LogP) is 3.55. The van der Waals surface area contributed by atoms with E-state index in [1.165, 1.54) is 0 Å². The second-order valence-electron chi connectivity index (χ2n) is 8.27. The highest BCUT2D eigenvalue weighted by atomic mass is 19.1. The largest absolute Gasteiger partial charge is 0.493 e. The molecule has 2 aliphatic rings. The SMILES string of the molecule is CCNC(=NCc1ccc(N2CCN(CC)CC2)c(F)c1)NC1CCOc2ccccc21. The number of benzene rings is 2. The van der Waals surface area contributed by atoms with Crippen LogP contribution in [0.1, 0.15) is 37.4 Å². The van der Waals surface area contributed by atoms with Gasteiger partial charge in [-0.15, -0.1) is 0 Å². The van der Waals surface area contributed by atoms with Crippen LogP contribution in [0.3, 0.4) is 0 Å². The number of likely N-dealkylation sites (N-methyl/N-ethyl adjacent to an activating group) is 1. The number of halogens is 1. The van der Waals surface area contributed by atoms with Crippen LogP contribution in [0, 0.1) is 5.82 Å². The fourth-order valence-electron chi connectivity index (χ4n) is 4.36. The van der Waals surface area contributed by atoms with Crippen LogP contribution < -0.4 is 20.3 Å². The van der Waals surface area contributed by atoms with Gasteiger partial charge in [-0.05, 0) is 37.2 Å². The average molecular weight is 440 g/mol. The van der Waals surface area contributed by atoms with E-state index in [2.05, 4.69) is 33.4 Å². The van der Waals surface area contributed by atoms with Crippen molar-refractivity contribution in [3.05, 3.63) is 59.4 Å². The fourth-order valence-corrected chi connectivity index (χ4v) is 4.36. The van der Waals surface area contributed by atoms with Gasteiger partial charge in [-0.3, -0.25) is 0 Å². The third-order valence-electron chi connectivity index (χ3n) is 6.21. The number of para-hydroxylation sites is 1. The van der Waals surface area contributed by atoms with Crippen molar-refractivity contribution < 1.29 is 9.13 Å². The summed E-state index contributed by atoms with van der Waals surface area (Å²) in [5.41, 5.74) is 2.70. The van der Waals surface area contributed by atoms with Gasteiger partial charge in [0.25, 0.3) is 0 Å². The first-order valence-corrected chi connectivity index (χ1v) is 11.7. The molecule has 7 heteroatoms. The van der Waals surface area contributed by atoms with Crippen LogP contribution in [0.15, 0.2) is 47.5 Å². The summed E-state index contributed by atoms with van der Waals surface area (Å²) < 4.78 is 20.6. The molecule has 32 heavy (non-hydrogen) atoms. The molecule has 2 aliphatic heterocycles. The van der Waals surface area contributed by atoms with Gasteiger partial charge < -0.3 is 25.2 Å². The Labute approximate surface area is 190 Å². The van der Waals surface area contributed by atoms with Crippen molar-refractivity contribution in [3.63, 3.8) is 0 Å². The maximum absolute atomic E-state index is 14.9. The molecule has 2 N–H and O–H groups in total. The molecule has 0 spiro atoms. The molecule has 2 aromatic rings. The van der Waals surface area contributed by atoms with Gasteiger partial charge in [0, 0.05) is 44.7 Å². The Hall–Kier alpha value is -2.80. The van der Waals surface area contributed by atoms with Gasteiger partial charge in [-0.2, -0.15) is 0 Å². The van der Waals surface area contributed by atoms with Crippen LogP contribution in [0.4, 0.5) is 10.1 Å². The van der Waals surface area contributed by atoms with E-state index in [9.17, 15) is 4.39 Å². The van der Waals surface area contributed by atoms with E-state index >= 15 is 0 Å². The van der Waals surface area contributed by atoms with E-state index < -0.39 is 0 Å². The van der Waals surface area contributed by atoms with Gasteiger partial charge in [0.2, 0.25) is 0 Å². The number of nitrogens with zero attached hydrogens (tertiary/aromatic N) is 3. The molecule has 4 rings (SSSR count). The number of aliphatic imine (C=N–C) groups is 1. The summed E-state index contributed by atoms with van der Waals surface area (Å²) in [4.78, 5) is 9.26. The van der Waals surface area contributed by atoms with Gasteiger partial charge in [0.1, 0.15) is 11.6 Å². The number of anilines is 1. The van der Waals surface area contributed by atoms with Gasteiger partial charge in [-0.1, -0.05) is 31.2 Å². The third-order valence-corrected chi connectivity index (χ3v) is 6.21. The molecule has 0 aliphatic carbocycles. The lowest BCUT2D eigenvalue weighted by atomic mass is 10.0. The maximum atomic E-state index is 14.9. The molecular weight excluding hydrogens is 405 g/mol. The highest BCUT2D eigenvalue weighted by Gasteiger charge is 2.22. The molecule has 2 aromatic carbocycles. The number of guanidine groups is 1. The van der Waals surface area contributed by atoms with Crippen LogP contribution >= 0.6 is 0 Å². The number of piperazine rings is 1. The van der Waals surface area contributed by atoms with E-state index in [1.54, 1.807) is 6.07 Å². The first kappa shape index (κ1) is 22.4. The smallest absolute Gasteiger partial charge is 0.192 e. The number of hydrogen-bond acceptors (Lipinski definition) is 4. The number of fused-ring (bicyclic) bond motifs is 1. The highest BCUT2D eigenvalue weighted by molar-refractivity contribution is 5.80. The molecular formula is C25H34FN5O. The minimum Gasteiger partial charge on any atom is -0.493 e. The van der Waals surface area contributed by atoms with Crippen molar-refractivity contribution in [2.45, 2.75) is 32.9 Å². The van der Waals surface area contributed by atoms with Crippen LogP contribution in [-0.4, -0.2) is 56.7 Å². The minimum atomic E-state index is -0.168. The predicted molar refractivity (Wildman–Crippen MR) is 128 cm³/mol. The summed E-state index contributed by atoms with van der Waals surface area (Å²) in [7, 11) is 0. The van der Waals surface area contributed by atoms with Crippen molar-refractivity contribution in [1.82, 2.24) is 15.5 Å². The summed E-state index contributed by atoms with van der Waals surface area (Å²) in [6.45, 7) is 10.8. The third kappa shape index (κ3) is 5.33. The molecule has 1 saturated heterocycles. The first-order chi connectivity index (χ1) is 15.7. The van der Waals surface area contributed by atoms with E-state index in [1.807, 2.05) is 37.3 Å². The Balaban J connectivity index is 1.42.